The van der Waals surface area contributed by atoms with E-state index >= 15 is 0 Å². The van der Waals surface area contributed by atoms with Crippen LogP contribution < -0.4 is 9.64 Å². The first-order valence-corrected chi connectivity index (χ1v) is 7.37. The van der Waals surface area contributed by atoms with Gasteiger partial charge >= 0.3 is 0 Å². The number of hydrogen-bond donors (Lipinski definition) is 0. The van der Waals surface area contributed by atoms with Crippen molar-refractivity contribution in [2.75, 3.05) is 11.9 Å². The van der Waals surface area contributed by atoms with Crippen LogP contribution in [0.1, 0.15) is 25.0 Å². The molecule has 1 unspecified atom stereocenters. The van der Waals surface area contributed by atoms with Crippen LogP contribution in [0.3, 0.4) is 0 Å². The minimum Gasteiger partial charge on any atom is -0.463 e. The molecule has 0 bridgehead atoms. The fourth-order valence-electron chi connectivity index (χ4n) is 3.72. The zero-order valence-electron chi connectivity index (χ0n) is 12.6. The second-order valence-electron chi connectivity index (χ2n) is 6.37. The summed E-state index contributed by atoms with van der Waals surface area (Å²) in [4.78, 5) is 2.26. The summed E-state index contributed by atoms with van der Waals surface area (Å²) in [6, 6.07) is 16.8. The summed E-state index contributed by atoms with van der Waals surface area (Å²) < 4.78 is 6.53. The molecular weight excluding hydrogens is 258 g/mol. The summed E-state index contributed by atoms with van der Waals surface area (Å²) in [5, 5.41) is 0. The van der Waals surface area contributed by atoms with Crippen LogP contribution in [0.15, 0.2) is 54.6 Å². The highest BCUT2D eigenvalue weighted by atomic mass is 16.5. The van der Waals surface area contributed by atoms with E-state index in [1.54, 1.807) is 0 Å². The Bertz CT molecular complexity index is 747. The number of likely N-dealkylation sites (N-methyl/N-ethyl adjacent to an activating group) is 1. The molecule has 2 heterocycles. The second-order valence-corrected chi connectivity index (χ2v) is 6.37. The Morgan fingerprint density at radius 2 is 1.67 bits per heavy atom. The first-order chi connectivity index (χ1) is 10.1. The van der Waals surface area contributed by atoms with Gasteiger partial charge in [0.05, 0.1) is 5.41 Å². The van der Waals surface area contributed by atoms with Crippen LogP contribution in [-0.4, -0.2) is 12.8 Å². The Hall–Kier alpha value is -2.22. The number of ether oxygens (including phenoxy) is 1. The standard InChI is InChI=1S/C19H19NO/c1-18(2)15-9-5-6-10-16(15)20(3)19(18)13-12-14-8-4-7-11-17(14)21-19/h4-13H,1-3H3. The number of anilines is 1. The summed E-state index contributed by atoms with van der Waals surface area (Å²) in [6.07, 6.45) is 4.39. The van der Waals surface area contributed by atoms with E-state index in [0.29, 0.717) is 0 Å². The van der Waals surface area contributed by atoms with Gasteiger partial charge in [-0.1, -0.05) is 36.4 Å². The van der Waals surface area contributed by atoms with Crippen LogP contribution in [0.2, 0.25) is 0 Å². The van der Waals surface area contributed by atoms with Gasteiger partial charge in [0.15, 0.2) is 0 Å². The monoisotopic (exact) mass is 277 g/mol. The van der Waals surface area contributed by atoms with Gasteiger partial charge in [-0.15, -0.1) is 0 Å². The molecule has 0 saturated carbocycles. The zero-order valence-corrected chi connectivity index (χ0v) is 12.6. The molecule has 4 rings (SSSR count). The molecule has 2 nitrogen and oxygen atoms in total. The molecule has 2 heteroatoms. The van der Waals surface area contributed by atoms with Gasteiger partial charge < -0.3 is 9.64 Å². The zero-order chi connectivity index (χ0) is 14.7. The molecule has 0 radical (unpaired) electrons. The van der Waals surface area contributed by atoms with Crippen molar-refractivity contribution in [1.82, 2.24) is 0 Å². The molecule has 1 atom stereocenters. The van der Waals surface area contributed by atoms with E-state index in [1.165, 1.54) is 11.3 Å². The summed E-state index contributed by atoms with van der Waals surface area (Å²) in [5.41, 5.74) is 3.12. The lowest BCUT2D eigenvalue weighted by molar-refractivity contribution is 0.0582. The van der Waals surface area contributed by atoms with Crippen molar-refractivity contribution in [1.29, 1.82) is 0 Å². The molecular formula is C19H19NO. The number of rotatable bonds is 0. The third-order valence-corrected chi connectivity index (χ3v) is 5.01. The van der Waals surface area contributed by atoms with Crippen LogP contribution in [0.5, 0.6) is 5.75 Å². The van der Waals surface area contributed by atoms with E-state index < -0.39 is 5.72 Å². The average molecular weight is 277 g/mol. The molecule has 0 saturated heterocycles. The van der Waals surface area contributed by atoms with Crippen molar-refractivity contribution < 1.29 is 4.74 Å². The first kappa shape index (κ1) is 12.5. The van der Waals surface area contributed by atoms with Crippen LogP contribution >= 0.6 is 0 Å². The van der Waals surface area contributed by atoms with E-state index in [4.69, 9.17) is 4.74 Å². The third-order valence-electron chi connectivity index (χ3n) is 5.01. The summed E-state index contributed by atoms with van der Waals surface area (Å²) in [7, 11) is 2.12. The third kappa shape index (κ3) is 1.42. The van der Waals surface area contributed by atoms with E-state index in [0.717, 1.165) is 11.3 Å². The second kappa shape index (κ2) is 3.91. The minimum atomic E-state index is -0.467. The Kier molecular flexibility index (Phi) is 2.33. The predicted octanol–water partition coefficient (Wildman–Crippen LogP) is 4.22. The highest BCUT2D eigenvalue weighted by Crippen LogP contribution is 2.53. The van der Waals surface area contributed by atoms with E-state index in [2.05, 4.69) is 68.3 Å². The molecule has 106 valence electrons. The maximum absolute atomic E-state index is 6.53. The Morgan fingerprint density at radius 1 is 0.952 bits per heavy atom. The van der Waals surface area contributed by atoms with Crippen LogP contribution in [0.25, 0.3) is 6.08 Å². The van der Waals surface area contributed by atoms with Crippen molar-refractivity contribution in [2.45, 2.75) is 25.0 Å². The van der Waals surface area contributed by atoms with Gasteiger partial charge in [-0.05, 0) is 43.7 Å². The molecule has 2 aromatic rings. The van der Waals surface area contributed by atoms with Gasteiger partial charge in [-0.2, -0.15) is 0 Å². The minimum absolute atomic E-state index is 0.123. The molecule has 0 aliphatic carbocycles. The number of hydrogen-bond acceptors (Lipinski definition) is 2. The Morgan fingerprint density at radius 3 is 2.48 bits per heavy atom. The van der Waals surface area contributed by atoms with Gasteiger partial charge in [0, 0.05) is 18.3 Å². The lowest BCUT2D eigenvalue weighted by Crippen LogP contribution is -2.58. The van der Waals surface area contributed by atoms with Crippen molar-refractivity contribution in [3.8, 4) is 5.75 Å². The lowest BCUT2D eigenvalue weighted by Gasteiger charge is -2.45. The van der Waals surface area contributed by atoms with E-state index in [-0.39, 0.29) is 5.41 Å². The van der Waals surface area contributed by atoms with E-state index in [9.17, 15) is 0 Å². The molecule has 2 aliphatic heterocycles. The number of nitrogens with zero attached hydrogens (tertiary/aromatic N) is 1. The number of fused-ring (bicyclic) bond motifs is 2. The van der Waals surface area contributed by atoms with Crippen molar-refractivity contribution >= 4 is 11.8 Å². The van der Waals surface area contributed by atoms with Crippen LogP contribution in [0.4, 0.5) is 5.69 Å². The highest BCUT2D eigenvalue weighted by Gasteiger charge is 2.57. The molecule has 0 amide bonds. The normalized spacial score (nSPS) is 24.6. The van der Waals surface area contributed by atoms with Crippen molar-refractivity contribution in [3.05, 3.63) is 65.7 Å². The number of benzene rings is 2. The van der Waals surface area contributed by atoms with Gasteiger partial charge in [0.1, 0.15) is 5.75 Å². The van der Waals surface area contributed by atoms with Gasteiger partial charge in [0.2, 0.25) is 5.72 Å². The SMILES string of the molecule is CN1c2ccccc2C(C)(C)C12C=Cc1ccccc1O2. The molecule has 0 N–H and O–H groups in total. The molecule has 2 aromatic carbocycles. The molecule has 0 aromatic heterocycles. The van der Waals surface area contributed by atoms with Crippen molar-refractivity contribution in [2.24, 2.45) is 0 Å². The van der Waals surface area contributed by atoms with Gasteiger partial charge in [-0.3, -0.25) is 0 Å². The van der Waals surface area contributed by atoms with Crippen LogP contribution in [0, 0.1) is 0 Å². The summed E-state index contributed by atoms with van der Waals surface area (Å²) in [6.45, 7) is 4.52. The molecule has 2 aliphatic rings. The van der Waals surface area contributed by atoms with Gasteiger partial charge in [-0.25, -0.2) is 0 Å². The fraction of sp³-hybridized carbons (Fsp3) is 0.263. The van der Waals surface area contributed by atoms with Gasteiger partial charge in [0.25, 0.3) is 0 Å². The number of para-hydroxylation sites is 2. The quantitative estimate of drug-likeness (QED) is 0.715. The Balaban J connectivity index is 1.92. The summed E-state index contributed by atoms with van der Waals surface area (Å²) >= 11 is 0. The summed E-state index contributed by atoms with van der Waals surface area (Å²) in [5.74, 6) is 0.952. The molecule has 21 heavy (non-hydrogen) atoms. The smallest absolute Gasteiger partial charge is 0.211 e. The topological polar surface area (TPSA) is 12.5 Å². The highest BCUT2D eigenvalue weighted by molar-refractivity contribution is 5.71. The van der Waals surface area contributed by atoms with Crippen LogP contribution in [-0.2, 0) is 5.41 Å². The molecule has 1 spiro atoms. The lowest BCUT2D eigenvalue weighted by atomic mass is 9.76. The maximum atomic E-state index is 6.53. The largest absolute Gasteiger partial charge is 0.463 e. The average Bonchev–Trinajstić information content (AvgIpc) is 2.67. The molecule has 0 fully saturated rings. The fourth-order valence-corrected chi connectivity index (χ4v) is 3.72. The van der Waals surface area contributed by atoms with E-state index in [1.807, 2.05) is 18.2 Å². The maximum Gasteiger partial charge on any atom is 0.211 e. The Labute approximate surface area is 125 Å². The first-order valence-electron chi connectivity index (χ1n) is 7.37. The predicted molar refractivity (Wildman–Crippen MR) is 86.7 cm³/mol. The van der Waals surface area contributed by atoms with Crippen molar-refractivity contribution in [3.63, 3.8) is 0 Å².